The van der Waals surface area contributed by atoms with Crippen LogP contribution in [0.3, 0.4) is 0 Å². The first-order valence-electron chi connectivity index (χ1n) is 5.56. The molecule has 0 aliphatic rings. The van der Waals surface area contributed by atoms with Crippen molar-refractivity contribution in [2.75, 3.05) is 24.7 Å². The molecule has 0 fully saturated rings. The number of ether oxygens (including phenoxy) is 1. The lowest BCUT2D eigenvalue weighted by atomic mass is 10.5. The number of nitrogens with zero attached hydrogens (tertiary/aromatic N) is 4. The fraction of sp³-hybridized carbons (Fsp3) is 0.273. The molecule has 0 saturated carbocycles. The number of hydrogen-bond donors (Lipinski definition) is 1. The maximum absolute atomic E-state index is 11.8. The highest BCUT2D eigenvalue weighted by atomic mass is 79.9. The molecular formula is C11H12BrN5O2S. The van der Waals surface area contributed by atoms with Gasteiger partial charge in [-0.25, -0.2) is 4.79 Å². The molecule has 0 atom stereocenters. The van der Waals surface area contributed by atoms with Crippen molar-refractivity contribution in [1.29, 1.82) is 0 Å². The van der Waals surface area contributed by atoms with Crippen LogP contribution in [0.5, 0.6) is 0 Å². The fourth-order valence-electron chi connectivity index (χ4n) is 1.31. The number of carbonyl (C=O) groups excluding carboxylic acids is 1. The third-order valence-corrected chi connectivity index (χ3v) is 3.80. The Bertz CT molecular complexity index is 631. The van der Waals surface area contributed by atoms with E-state index in [9.17, 15) is 4.79 Å². The summed E-state index contributed by atoms with van der Waals surface area (Å²) >= 11 is 4.59. The number of esters is 1. The van der Waals surface area contributed by atoms with Crippen LogP contribution in [0.25, 0.3) is 0 Å². The van der Waals surface area contributed by atoms with E-state index in [4.69, 9.17) is 10.5 Å². The minimum atomic E-state index is -0.425. The van der Waals surface area contributed by atoms with E-state index in [-0.39, 0.29) is 12.6 Å². The van der Waals surface area contributed by atoms with E-state index in [1.165, 1.54) is 11.3 Å². The number of carbonyl (C=O) groups is 1. The molecule has 0 aromatic carbocycles. The van der Waals surface area contributed by atoms with E-state index in [0.29, 0.717) is 16.6 Å². The zero-order valence-corrected chi connectivity index (χ0v) is 13.2. The highest BCUT2D eigenvalue weighted by Crippen LogP contribution is 2.22. The smallest absolute Gasteiger partial charge is 0.348 e. The Hall–Kier alpha value is -1.74. The van der Waals surface area contributed by atoms with Crippen molar-refractivity contribution in [3.05, 3.63) is 26.6 Å². The van der Waals surface area contributed by atoms with Crippen molar-refractivity contribution >= 4 is 45.1 Å². The van der Waals surface area contributed by atoms with Crippen molar-refractivity contribution < 1.29 is 9.53 Å². The first-order valence-corrected chi connectivity index (χ1v) is 7.17. The molecule has 0 unspecified atom stereocenters. The monoisotopic (exact) mass is 357 g/mol. The van der Waals surface area contributed by atoms with Crippen LogP contribution in [-0.2, 0) is 11.3 Å². The molecule has 0 aliphatic heterocycles. The van der Waals surface area contributed by atoms with E-state index < -0.39 is 5.97 Å². The first-order chi connectivity index (χ1) is 9.45. The topological polar surface area (TPSA) is 94.2 Å². The molecule has 0 bridgehead atoms. The summed E-state index contributed by atoms with van der Waals surface area (Å²) in [7, 11) is 3.57. The van der Waals surface area contributed by atoms with Crippen LogP contribution in [0, 0.1) is 0 Å². The predicted octanol–water partition coefficient (Wildman–Crippen LogP) is 1.70. The quantitative estimate of drug-likeness (QED) is 0.832. The number of anilines is 2. The van der Waals surface area contributed by atoms with Crippen molar-refractivity contribution in [2.45, 2.75) is 6.61 Å². The SMILES string of the molecule is CN(C)c1nc(N)nc(COC(=O)c2ccc(Br)s2)n1. The van der Waals surface area contributed by atoms with E-state index >= 15 is 0 Å². The molecule has 7 nitrogen and oxygen atoms in total. The normalized spacial score (nSPS) is 10.3. The molecule has 2 aromatic heterocycles. The fourth-order valence-corrected chi connectivity index (χ4v) is 2.59. The van der Waals surface area contributed by atoms with Gasteiger partial charge in [0.1, 0.15) is 4.88 Å². The van der Waals surface area contributed by atoms with Gasteiger partial charge >= 0.3 is 5.97 Å². The Morgan fingerprint density at radius 1 is 1.40 bits per heavy atom. The van der Waals surface area contributed by atoms with Gasteiger partial charge in [-0.05, 0) is 28.1 Å². The lowest BCUT2D eigenvalue weighted by Gasteiger charge is -2.11. The maximum Gasteiger partial charge on any atom is 0.348 e. The minimum absolute atomic E-state index is 0.0537. The van der Waals surface area contributed by atoms with Crippen molar-refractivity contribution in [3.8, 4) is 0 Å². The van der Waals surface area contributed by atoms with Crippen LogP contribution in [-0.4, -0.2) is 35.0 Å². The van der Waals surface area contributed by atoms with E-state index in [1.54, 1.807) is 31.1 Å². The molecule has 0 radical (unpaired) electrons. The second-order valence-corrected chi connectivity index (χ2v) is 6.45. The van der Waals surface area contributed by atoms with Gasteiger partial charge in [-0.2, -0.15) is 15.0 Å². The van der Waals surface area contributed by atoms with Crippen LogP contribution >= 0.6 is 27.3 Å². The van der Waals surface area contributed by atoms with Gasteiger partial charge < -0.3 is 15.4 Å². The summed E-state index contributed by atoms with van der Waals surface area (Å²) in [5.74, 6) is 0.396. The molecule has 2 N–H and O–H groups in total. The third-order valence-electron chi connectivity index (χ3n) is 2.19. The number of thiophene rings is 1. The van der Waals surface area contributed by atoms with Crippen LogP contribution in [0.1, 0.15) is 15.5 Å². The lowest BCUT2D eigenvalue weighted by Crippen LogP contribution is -2.17. The van der Waals surface area contributed by atoms with Crippen LogP contribution in [0.4, 0.5) is 11.9 Å². The number of hydrogen-bond acceptors (Lipinski definition) is 8. The molecule has 9 heteroatoms. The highest BCUT2D eigenvalue weighted by Gasteiger charge is 2.12. The molecule has 0 aliphatic carbocycles. The van der Waals surface area contributed by atoms with Gasteiger partial charge in [-0.3, -0.25) is 0 Å². The average Bonchev–Trinajstić information content (AvgIpc) is 2.82. The van der Waals surface area contributed by atoms with Gasteiger partial charge in [0.05, 0.1) is 3.79 Å². The van der Waals surface area contributed by atoms with Crippen LogP contribution in [0.15, 0.2) is 15.9 Å². The van der Waals surface area contributed by atoms with Crippen LogP contribution < -0.4 is 10.6 Å². The molecule has 2 rings (SSSR count). The summed E-state index contributed by atoms with van der Waals surface area (Å²) < 4.78 is 6.01. The highest BCUT2D eigenvalue weighted by molar-refractivity contribution is 9.11. The van der Waals surface area contributed by atoms with E-state index in [2.05, 4.69) is 30.9 Å². The summed E-state index contributed by atoms with van der Waals surface area (Å²) in [4.78, 5) is 26.0. The number of nitrogen functional groups attached to an aromatic ring is 1. The largest absolute Gasteiger partial charge is 0.453 e. The summed E-state index contributed by atoms with van der Waals surface area (Å²) in [6, 6.07) is 3.47. The molecule has 0 amide bonds. The van der Waals surface area contributed by atoms with Gasteiger partial charge in [-0.1, -0.05) is 0 Å². The van der Waals surface area contributed by atoms with Gasteiger partial charge in [0.15, 0.2) is 12.4 Å². The van der Waals surface area contributed by atoms with Crippen molar-refractivity contribution in [1.82, 2.24) is 15.0 Å². The minimum Gasteiger partial charge on any atom is -0.453 e. The number of nitrogens with two attached hydrogens (primary N) is 1. The van der Waals surface area contributed by atoms with Gasteiger partial charge in [0.25, 0.3) is 0 Å². The number of halogens is 1. The Morgan fingerprint density at radius 2 is 2.15 bits per heavy atom. The second kappa shape index (κ2) is 6.14. The van der Waals surface area contributed by atoms with E-state index in [0.717, 1.165) is 3.79 Å². The predicted molar refractivity (Wildman–Crippen MR) is 79.7 cm³/mol. The number of rotatable bonds is 4. The zero-order chi connectivity index (χ0) is 14.7. The summed E-state index contributed by atoms with van der Waals surface area (Å²) in [6.45, 7) is -0.0537. The zero-order valence-electron chi connectivity index (χ0n) is 10.8. The first kappa shape index (κ1) is 14.7. The summed E-state index contributed by atoms with van der Waals surface area (Å²) in [5.41, 5.74) is 5.58. The van der Waals surface area contributed by atoms with Crippen molar-refractivity contribution in [2.24, 2.45) is 0 Å². The third kappa shape index (κ3) is 3.64. The number of aromatic nitrogens is 3. The Labute approximate surface area is 127 Å². The molecule has 106 valence electrons. The van der Waals surface area contributed by atoms with Gasteiger partial charge in [0.2, 0.25) is 11.9 Å². The van der Waals surface area contributed by atoms with Crippen LogP contribution in [0.2, 0.25) is 0 Å². The van der Waals surface area contributed by atoms with E-state index in [1.807, 2.05) is 0 Å². The Kier molecular flexibility index (Phi) is 4.50. The lowest BCUT2D eigenvalue weighted by molar-refractivity contribution is 0.0468. The standard InChI is InChI=1S/C11H12BrN5O2S/c1-17(2)11-15-8(14-10(13)16-11)5-19-9(18)6-3-4-7(12)20-6/h3-4H,5H2,1-2H3,(H2,13,14,15,16). The molecule has 20 heavy (non-hydrogen) atoms. The van der Waals surface area contributed by atoms with Gasteiger partial charge in [-0.15, -0.1) is 11.3 Å². The molecule has 2 aromatic rings. The summed E-state index contributed by atoms with van der Waals surface area (Å²) in [5, 5.41) is 0. The molecule has 0 spiro atoms. The Morgan fingerprint density at radius 3 is 2.75 bits per heavy atom. The average molecular weight is 358 g/mol. The molecule has 2 heterocycles. The summed E-state index contributed by atoms with van der Waals surface area (Å²) in [6.07, 6.45) is 0. The molecular weight excluding hydrogens is 346 g/mol. The Balaban J connectivity index is 2.05. The maximum atomic E-state index is 11.8. The molecule has 0 saturated heterocycles. The van der Waals surface area contributed by atoms with Crippen molar-refractivity contribution in [3.63, 3.8) is 0 Å². The van der Waals surface area contributed by atoms with Gasteiger partial charge in [0, 0.05) is 14.1 Å². The second-order valence-electron chi connectivity index (χ2n) is 3.98.